The van der Waals surface area contributed by atoms with Crippen LogP contribution in [0.3, 0.4) is 0 Å². The summed E-state index contributed by atoms with van der Waals surface area (Å²) in [5.41, 5.74) is -0.384. The zero-order valence-electron chi connectivity index (χ0n) is 14.1. The van der Waals surface area contributed by atoms with Crippen LogP contribution in [0.1, 0.15) is 19.3 Å². The van der Waals surface area contributed by atoms with Crippen LogP contribution in [-0.2, 0) is 4.74 Å². The second kappa shape index (κ2) is 7.08. The van der Waals surface area contributed by atoms with Gasteiger partial charge in [-0.2, -0.15) is 0 Å². The molecule has 27 heavy (non-hydrogen) atoms. The number of rotatable bonds is 3. The molecule has 0 radical (unpaired) electrons. The van der Waals surface area contributed by atoms with Crippen molar-refractivity contribution in [2.45, 2.75) is 25.6 Å². The highest BCUT2D eigenvalue weighted by atomic mass is 19.2. The van der Waals surface area contributed by atoms with E-state index in [0.29, 0.717) is 12.4 Å². The average Bonchev–Trinajstić information content (AvgIpc) is 2.67. The van der Waals surface area contributed by atoms with Crippen LogP contribution in [-0.4, -0.2) is 12.9 Å². The Balaban J connectivity index is 1.70. The van der Waals surface area contributed by atoms with Crippen LogP contribution in [0.5, 0.6) is 5.75 Å². The molecule has 1 unspecified atom stereocenters. The number of fused-ring (bicyclic) bond motifs is 1. The Morgan fingerprint density at radius 2 is 1.81 bits per heavy atom. The minimum absolute atomic E-state index is 0.0652. The molecule has 0 amide bonds. The first-order valence-electron chi connectivity index (χ1n) is 8.51. The Kier molecular flexibility index (Phi) is 4.61. The molecule has 1 aliphatic rings. The fraction of sp³-hybridized carbons (Fsp3) is 0.250. The van der Waals surface area contributed by atoms with Gasteiger partial charge in [0.2, 0.25) is 0 Å². The van der Waals surface area contributed by atoms with Gasteiger partial charge in [-0.25, -0.2) is 13.2 Å². The van der Waals surface area contributed by atoms with Crippen LogP contribution in [0.4, 0.5) is 13.2 Å². The van der Waals surface area contributed by atoms with Crippen molar-refractivity contribution in [3.05, 3.63) is 64.3 Å². The smallest absolute Gasteiger partial charge is 0.200 e. The average molecular weight is 376 g/mol. The molecular formula is C20H15F3O4. The highest BCUT2D eigenvalue weighted by Gasteiger charge is 2.18. The molecule has 1 aromatic heterocycles. The van der Waals surface area contributed by atoms with Crippen molar-refractivity contribution in [3.63, 3.8) is 0 Å². The molecule has 1 aliphatic heterocycles. The van der Waals surface area contributed by atoms with Crippen LogP contribution < -0.4 is 10.2 Å². The highest BCUT2D eigenvalue weighted by Crippen LogP contribution is 2.26. The predicted octanol–water partition coefficient (Wildman–Crippen LogP) is 4.78. The standard InChI is InChI=1S/C20H15F3O4/c21-15-7-11(8-16(22)19(15)23)14-10-26-17-9-12(4-5-13(17)20(14)24)27-18-3-1-2-6-25-18/h4-5,7-10,18H,1-3,6H2. The summed E-state index contributed by atoms with van der Waals surface area (Å²) < 4.78 is 56.8. The van der Waals surface area contributed by atoms with E-state index in [0.717, 1.165) is 37.7 Å². The van der Waals surface area contributed by atoms with Crippen LogP contribution >= 0.6 is 0 Å². The molecule has 140 valence electrons. The van der Waals surface area contributed by atoms with Crippen molar-refractivity contribution in [3.8, 4) is 16.9 Å². The number of halogens is 3. The summed E-state index contributed by atoms with van der Waals surface area (Å²) in [4.78, 5) is 12.7. The second-order valence-corrected chi connectivity index (χ2v) is 6.30. The molecule has 4 nitrogen and oxygen atoms in total. The van der Waals surface area contributed by atoms with Gasteiger partial charge >= 0.3 is 0 Å². The maximum Gasteiger partial charge on any atom is 0.200 e. The van der Waals surface area contributed by atoms with Crippen LogP contribution in [0.15, 0.2) is 45.8 Å². The zero-order valence-corrected chi connectivity index (χ0v) is 14.1. The molecule has 1 saturated heterocycles. The van der Waals surface area contributed by atoms with Crippen molar-refractivity contribution < 1.29 is 27.1 Å². The maximum absolute atomic E-state index is 13.5. The van der Waals surface area contributed by atoms with Gasteiger partial charge in [0.15, 0.2) is 29.2 Å². The minimum Gasteiger partial charge on any atom is -0.465 e. The van der Waals surface area contributed by atoms with E-state index in [1.54, 1.807) is 12.1 Å². The molecule has 1 atom stereocenters. The van der Waals surface area contributed by atoms with Crippen LogP contribution in [0.2, 0.25) is 0 Å². The van der Waals surface area contributed by atoms with Gasteiger partial charge in [-0.05, 0) is 42.7 Å². The van der Waals surface area contributed by atoms with Gasteiger partial charge in [-0.1, -0.05) is 0 Å². The Morgan fingerprint density at radius 3 is 2.52 bits per heavy atom. The Morgan fingerprint density at radius 1 is 1.04 bits per heavy atom. The molecule has 0 N–H and O–H groups in total. The lowest BCUT2D eigenvalue weighted by atomic mass is 10.0. The van der Waals surface area contributed by atoms with Crippen LogP contribution in [0, 0.1) is 17.5 Å². The lowest BCUT2D eigenvalue weighted by molar-refractivity contribution is -0.105. The van der Waals surface area contributed by atoms with E-state index >= 15 is 0 Å². The monoisotopic (exact) mass is 376 g/mol. The molecule has 0 spiro atoms. The molecule has 4 rings (SSSR count). The van der Waals surface area contributed by atoms with Crippen molar-refractivity contribution in [2.75, 3.05) is 6.61 Å². The van der Waals surface area contributed by atoms with Gasteiger partial charge in [0, 0.05) is 12.5 Å². The molecule has 0 bridgehead atoms. The third-order valence-electron chi connectivity index (χ3n) is 4.45. The van der Waals surface area contributed by atoms with E-state index in [4.69, 9.17) is 13.9 Å². The predicted molar refractivity (Wildman–Crippen MR) is 92.0 cm³/mol. The summed E-state index contributed by atoms with van der Waals surface area (Å²) in [5, 5.41) is 0.217. The van der Waals surface area contributed by atoms with Crippen LogP contribution in [0.25, 0.3) is 22.1 Å². The van der Waals surface area contributed by atoms with E-state index in [1.807, 2.05) is 0 Å². The lowest BCUT2D eigenvalue weighted by Crippen LogP contribution is -2.24. The molecule has 7 heteroatoms. The highest BCUT2D eigenvalue weighted by molar-refractivity contribution is 5.82. The summed E-state index contributed by atoms with van der Waals surface area (Å²) in [7, 11) is 0. The Hall–Kier alpha value is -2.80. The quantitative estimate of drug-likeness (QED) is 0.617. The van der Waals surface area contributed by atoms with E-state index < -0.39 is 22.9 Å². The van der Waals surface area contributed by atoms with Gasteiger partial charge in [0.25, 0.3) is 0 Å². The molecule has 2 aromatic carbocycles. The summed E-state index contributed by atoms with van der Waals surface area (Å²) in [6, 6.07) is 6.19. The van der Waals surface area contributed by atoms with Gasteiger partial charge < -0.3 is 13.9 Å². The summed E-state index contributed by atoms with van der Waals surface area (Å²) >= 11 is 0. The Labute approximate surface area is 152 Å². The Bertz CT molecular complexity index is 1030. The minimum atomic E-state index is -1.59. The summed E-state index contributed by atoms with van der Waals surface area (Å²) in [6.45, 7) is 0.640. The molecule has 0 saturated carbocycles. The molecule has 3 aromatic rings. The zero-order chi connectivity index (χ0) is 19.0. The number of hydrogen-bond donors (Lipinski definition) is 0. The number of ether oxygens (including phenoxy) is 2. The second-order valence-electron chi connectivity index (χ2n) is 6.30. The summed E-state index contributed by atoms with van der Waals surface area (Å²) in [5.74, 6) is -3.85. The van der Waals surface area contributed by atoms with Crippen molar-refractivity contribution in [2.24, 2.45) is 0 Å². The maximum atomic E-state index is 13.5. The van der Waals surface area contributed by atoms with Gasteiger partial charge in [-0.3, -0.25) is 4.79 Å². The first-order valence-corrected chi connectivity index (χ1v) is 8.51. The fourth-order valence-corrected chi connectivity index (χ4v) is 3.05. The van der Waals surface area contributed by atoms with E-state index in [-0.39, 0.29) is 28.4 Å². The summed E-state index contributed by atoms with van der Waals surface area (Å²) in [6.07, 6.45) is 3.55. The van der Waals surface area contributed by atoms with E-state index in [9.17, 15) is 18.0 Å². The first kappa shape index (κ1) is 17.6. The topological polar surface area (TPSA) is 48.7 Å². The molecular weight excluding hydrogens is 361 g/mol. The first-order chi connectivity index (χ1) is 13.0. The van der Waals surface area contributed by atoms with Gasteiger partial charge in [-0.15, -0.1) is 0 Å². The fourth-order valence-electron chi connectivity index (χ4n) is 3.05. The lowest BCUT2D eigenvalue weighted by Gasteiger charge is -2.23. The molecule has 0 aliphatic carbocycles. The normalized spacial score (nSPS) is 17.2. The van der Waals surface area contributed by atoms with Crippen molar-refractivity contribution >= 4 is 11.0 Å². The number of hydrogen-bond acceptors (Lipinski definition) is 4. The molecule has 2 heterocycles. The SMILES string of the molecule is O=c1c(-c2cc(F)c(F)c(F)c2)coc2cc(OC3CCCCO3)ccc12. The number of benzene rings is 2. The third kappa shape index (κ3) is 3.42. The largest absolute Gasteiger partial charge is 0.465 e. The van der Waals surface area contributed by atoms with E-state index in [2.05, 4.69) is 0 Å². The third-order valence-corrected chi connectivity index (χ3v) is 4.45. The molecule has 1 fully saturated rings. The van der Waals surface area contributed by atoms with Crippen molar-refractivity contribution in [1.29, 1.82) is 0 Å². The van der Waals surface area contributed by atoms with Crippen molar-refractivity contribution in [1.82, 2.24) is 0 Å². The van der Waals surface area contributed by atoms with Gasteiger partial charge in [0.1, 0.15) is 17.6 Å². The van der Waals surface area contributed by atoms with Gasteiger partial charge in [0.05, 0.1) is 17.6 Å². The van der Waals surface area contributed by atoms with E-state index in [1.165, 1.54) is 6.07 Å².